The number of rotatable bonds is 3. The number of hydrogen-bond donors (Lipinski definition) is 0. The predicted octanol–water partition coefficient (Wildman–Crippen LogP) is 5.31. The Bertz CT molecular complexity index is 826. The Hall–Kier alpha value is -1.90. The van der Waals surface area contributed by atoms with Crippen molar-refractivity contribution < 1.29 is 0 Å². The van der Waals surface area contributed by atoms with Gasteiger partial charge in [-0.3, -0.25) is 9.80 Å². The summed E-state index contributed by atoms with van der Waals surface area (Å²) in [5.41, 5.74) is 7.20. The zero-order valence-corrected chi connectivity index (χ0v) is 17.2. The largest absolute Gasteiger partial charge is 0.298 e. The third-order valence-electron chi connectivity index (χ3n) is 6.23. The minimum absolute atomic E-state index is 0.346. The summed E-state index contributed by atoms with van der Waals surface area (Å²) in [6.07, 6.45) is 2.43. The molecule has 1 aliphatic heterocycles. The molecule has 1 unspecified atom stereocenters. The molecule has 0 spiro atoms. The molecule has 1 heterocycles. The quantitative estimate of drug-likeness (QED) is 0.732. The molecule has 4 rings (SSSR count). The molecule has 0 N–H and O–H groups in total. The van der Waals surface area contributed by atoms with Crippen molar-refractivity contribution in [3.8, 4) is 0 Å². The first-order valence-corrected chi connectivity index (χ1v) is 10.4. The Labute approximate surface area is 164 Å². The van der Waals surface area contributed by atoms with E-state index < -0.39 is 0 Å². The summed E-state index contributed by atoms with van der Waals surface area (Å²) in [5.74, 6) is 0.510. The van der Waals surface area contributed by atoms with Crippen molar-refractivity contribution in [1.29, 1.82) is 0 Å². The van der Waals surface area contributed by atoms with Crippen molar-refractivity contribution in [2.24, 2.45) is 5.92 Å². The van der Waals surface area contributed by atoms with Gasteiger partial charge in [0.05, 0.1) is 6.04 Å². The van der Waals surface area contributed by atoms with Gasteiger partial charge in [-0.25, -0.2) is 0 Å². The van der Waals surface area contributed by atoms with E-state index in [1.165, 1.54) is 27.8 Å². The van der Waals surface area contributed by atoms with E-state index in [-0.39, 0.29) is 0 Å². The van der Waals surface area contributed by atoms with Gasteiger partial charge in [-0.15, -0.1) is 0 Å². The number of fused-ring (bicyclic) bond motifs is 2. The van der Waals surface area contributed by atoms with E-state index in [0.717, 1.165) is 26.2 Å². The molecular weight excluding hydrogens is 328 g/mol. The second kappa shape index (κ2) is 7.61. The van der Waals surface area contributed by atoms with Gasteiger partial charge in [0, 0.05) is 32.2 Å². The zero-order valence-electron chi connectivity index (χ0n) is 17.2. The lowest BCUT2D eigenvalue weighted by Crippen LogP contribution is -2.50. The number of benzene rings is 2. The van der Waals surface area contributed by atoms with Crippen molar-refractivity contribution in [1.82, 2.24) is 9.80 Å². The Morgan fingerprint density at radius 2 is 1.41 bits per heavy atom. The number of allylic oxidation sites excluding steroid dienone is 1. The summed E-state index contributed by atoms with van der Waals surface area (Å²) in [4.78, 5) is 5.30. The summed E-state index contributed by atoms with van der Waals surface area (Å²) in [5, 5.41) is 0. The van der Waals surface area contributed by atoms with Gasteiger partial charge in [0.15, 0.2) is 0 Å². The monoisotopic (exact) mass is 360 g/mol. The molecule has 0 bridgehead atoms. The maximum atomic E-state index is 2.70. The van der Waals surface area contributed by atoms with Crippen LogP contribution in [0, 0.1) is 5.92 Å². The summed E-state index contributed by atoms with van der Waals surface area (Å²) in [6.45, 7) is 13.8. The van der Waals surface area contributed by atoms with Crippen LogP contribution in [0.5, 0.6) is 0 Å². The van der Waals surface area contributed by atoms with Crippen LogP contribution in [0.25, 0.3) is 11.6 Å². The van der Waals surface area contributed by atoms with Gasteiger partial charge in [-0.2, -0.15) is 0 Å². The maximum Gasteiger partial charge on any atom is 0.0614 e. The van der Waals surface area contributed by atoms with E-state index in [2.05, 4.69) is 92.1 Å². The van der Waals surface area contributed by atoms with Crippen molar-refractivity contribution in [2.45, 2.75) is 39.8 Å². The second-order valence-electron chi connectivity index (χ2n) is 8.54. The van der Waals surface area contributed by atoms with Crippen LogP contribution in [0.1, 0.15) is 56.0 Å². The number of piperazine rings is 1. The van der Waals surface area contributed by atoms with Crippen molar-refractivity contribution >= 4 is 11.6 Å². The fourth-order valence-corrected chi connectivity index (χ4v) is 4.69. The lowest BCUT2D eigenvalue weighted by molar-refractivity contribution is 0.0892. The molecule has 2 aromatic rings. The topological polar surface area (TPSA) is 6.48 Å². The number of hydrogen-bond acceptors (Lipinski definition) is 2. The van der Waals surface area contributed by atoms with Gasteiger partial charge in [0.25, 0.3) is 0 Å². The molecule has 2 nitrogen and oxygen atoms in total. The first-order chi connectivity index (χ1) is 13.1. The standard InChI is InChI=1S/C25H32N2/c1-18(2)24-17-20-9-5-6-10-21(20)25(23-12-8-7-11-22(23)24)27-15-13-26(14-16-27)19(3)4/h5-12,17-19,25H,13-16H2,1-4H3. The van der Waals surface area contributed by atoms with Crippen LogP contribution in [-0.4, -0.2) is 42.0 Å². The zero-order chi connectivity index (χ0) is 19.0. The first kappa shape index (κ1) is 18.5. The van der Waals surface area contributed by atoms with Crippen LogP contribution in [0.2, 0.25) is 0 Å². The van der Waals surface area contributed by atoms with E-state index >= 15 is 0 Å². The van der Waals surface area contributed by atoms with Gasteiger partial charge in [0.1, 0.15) is 0 Å². The molecule has 27 heavy (non-hydrogen) atoms. The molecule has 0 radical (unpaired) electrons. The Morgan fingerprint density at radius 3 is 2.07 bits per heavy atom. The fourth-order valence-electron chi connectivity index (χ4n) is 4.69. The molecule has 2 aromatic carbocycles. The molecule has 142 valence electrons. The second-order valence-corrected chi connectivity index (χ2v) is 8.54. The van der Waals surface area contributed by atoms with E-state index in [1.54, 1.807) is 0 Å². The normalized spacial score (nSPS) is 21.0. The van der Waals surface area contributed by atoms with Crippen LogP contribution in [0.4, 0.5) is 0 Å². The van der Waals surface area contributed by atoms with E-state index in [1.807, 2.05) is 0 Å². The lowest BCUT2D eigenvalue weighted by atomic mass is 9.88. The first-order valence-electron chi connectivity index (χ1n) is 10.4. The molecule has 0 saturated carbocycles. The van der Waals surface area contributed by atoms with Crippen molar-refractivity contribution in [3.05, 3.63) is 70.8 Å². The van der Waals surface area contributed by atoms with Crippen molar-refractivity contribution in [2.75, 3.05) is 26.2 Å². The van der Waals surface area contributed by atoms with Gasteiger partial charge < -0.3 is 0 Å². The van der Waals surface area contributed by atoms with Gasteiger partial charge >= 0.3 is 0 Å². The molecule has 1 aliphatic carbocycles. The third kappa shape index (κ3) is 3.49. The van der Waals surface area contributed by atoms with Gasteiger partial charge in [0.2, 0.25) is 0 Å². The Morgan fingerprint density at radius 1 is 0.778 bits per heavy atom. The molecule has 0 amide bonds. The molecule has 1 saturated heterocycles. The highest BCUT2D eigenvalue weighted by Crippen LogP contribution is 2.42. The van der Waals surface area contributed by atoms with E-state index in [9.17, 15) is 0 Å². The average Bonchev–Trinajstić information content (AvgIpc) is 2.82. The van der Waals surface area contributed by atoms with Crippen LogP contribution < -0.4 is 0 Å². The Kier molecular flexibility index (Phi) is 5.21. The highest BCUT2D eigenvalue weighted by Gasteiger charge is 2.32. The SMILES string of the molecule is CC(C)C1=Cc2ccccc2C(N2CCN(C(C)C)CC2)c2ccccc21. The van der Waals surface area contributed by atoms with Crippen LogP contribution in [0.15, 0.2) is 48.5 Å². The van der Waals surface area contributed by atoms with Gasteiger partial charge in [-0.05, 0) is 47.6 Å². The molecule has 2 aliphatic rings. The van der Waals surface area contributed by atoms with Crippen LogP contribution in [0.3, 0.4) is 0 Å². The smallest absolute Gasteiger partial charge is 0.0614 e. The minimum Gasteiger partial charge on any atom is -0.298 e. The lowest BCUT2D eigenvalue weighted by Gasteiger charge is -2.41. The summed E-state index contributed by atoms with van der Waals surface area (Å²) in [6, 6.07) is 19.1. The van der Waals surface area contributed by atoms with E-state index in [0.29, 0.717) is 18.0 Å². The number of nitrogens with zero attached hydrogens (tertiary/aromatic N) is 2. The van der Waals surface area contributed by atoms with Crippen molar-refractivity contribution in [3.63, 3.8) is 0 Å². The third-order valence-corrected chi connectivity index (χ3v) is 6.23. The summed E-state index contributed by atoms with van der Waals surface area (Å²) >= 11 is 0. The minimum atomic E-state index is 0.346. The molecule has 1 fully saturated rings. The predicted molar refractivity (Wildman–Crippen MR) is 116 cm³/mol. The highest BCUT2D eigenvalue weighted by atomic mass is 15.3. The highest BCUT2D eigenvalue weighted by molar-refractivity contribution is 5.87. The molecular formula is C25H32N2. The summed E-state index contributed by atoms with van der Waals surface area (Å²) < 4.78 is 0. The van der Waals surface area contributed by atoms with Crippen LogP contribution in [-0.2, 0) is 0 Å². The van der Waals surface area contributed by atoms with E-state index in [4.69, 9.17) is 0 Å². The average molecular weight is 361 g/mol. The maximum absolute atomic E-state index is 2.70. The van der Waals surface area contributed by atoms with Gasteiger partial charge in [-0.1, -0.05) is 68.5 Å². The Balaban J connectivity index is 1.80. The molecule has 1 atom stereocenters. The summed E-state index contributed by atoms with van der Waals surface area (Å²) in [7, 11) is 0. The molecule has 2 heteroatoms. The molecule has 0 aromatic heterocycles. The fraction of sp³-hybridized carbons (Fsp3) is 0.440. The van der Waals surface area contributed by atoms with Crippen LogP contribution >= 0.6 is 0 Å².